The third kappa shape index (κ3) is 5.89. The smallest absolute Gasteiger partial charge is 0.216 e. The van der Waals surface area contributed by atoms with E-state index < -0.39 is 0 Å². The van der Waals surface area contributed by atoms with Crippen molar-refractivity contribution in [3.8, 4) is 0 Å². The van der Waals surface area contributed by atoms with Gasteiger partial charge in [0.05, 0.1) is 0 Å². The molecule has 0 unspecified atom stereocenters. The van der Waals surface area contributed by atoms with E-state index >= 15 is 0 Å². The number of Topliss-reactive ketones (excluding diaryl/α,β-unsaturated/α-hetero) is 1. The highest BCUT2D eigenvalue weighted by atomic mass is 16.1. The minimum Gasteiger partial charge on any atom is -0.356 e. The first-order valence-electron chi connectivity index (χ1n) is 4.31. The Balaban J connectivity index is 3.32. The summed E-state index contributed by atoms with van der Waals surface area (Å²) >= 11 is 0. The lowest BCUT2D eigenvalue weighted by Crippen LogP contribution is -2.21. The van der Waals surface area contributed by atoms with E-state index in [-0.39, 0.29) is 17.6 Å². The molecule has 0 spiro atoms. The van der Waals surface area contributed by atoms with E-state index in [0.717, 1.165) is 6.42 Å². The molecule has 0 saturated carbocycles. The summed E-state index contributed by atoms with van der Waals surface area (Å²) in [5.74, 6) is 0.342. The number of amides is 1. The molecule has 0 radical (unpaired) electrons. The predicted octanol–water partition coefficient (Wildman–Crippen LogP) is 1.13. The van der Waals surface area contributed by atoms with Crippen molar-refractivity contribution in [3.05, 3.63) is 0 Å². The van der Waals surface area contributed by atoms with Crippen LogP contribution in [0.15, 0.2) is 0 Å². The Hall–Kier alpha value is -0.860. The van der Waals surface area contributed by atoms with Crippen LogP contribution in [0.25, 0.3) is 0 Å². The molecule has 0 aliphatic heterocycles. The van der Waals surface area contributed by atoms with E-state index in [1.165, 1.54) is 6.92 Å². The lowest BCUT2D eigenvalue weighted by Gasteiger charge is -2.03. The Morgan fingerprint density at radius 1 is 1.33 bits per heavy atom. The van der Waals surface area contributed by atoms with Gasteiger partial charge in [0.1, 0.15) is 5.78 Å². The Bertz CT molecular complexity index is 164. The fourth-order valence-corrected chi connectivity index (χ4v) is 0.816. The van der Waals surface area contributed by atoms with Gasteiger partial charge >= 0.3 is 0 Å². The maximum absolute atomic E-state index is 11.1. The summed E-state index contributed by atoms with van der Waals surface area (Å²) in [6.07, 6.45) is 1.31. The maximum Gasteiger partial charge on any atom is 0.216 e. The molecule has 0 saturated heterocycles. The van der Waals surface area contributed by atoms with Crippen molar-refractivity contribution in [2.75, 3.05) is 6.54 Å². The molecule has 0 fully saturated rings. The molecule has 3 heteroatoms. The first-order valence-corrected chi connectivity index (χ1v) is 4.31. The minimum atomic E-state index is -0.0352. The van der Waals surface area contributed by atoms with Crippen LogP contribution in [-0.4, -0.2) is 18.2 Å². The Kier molecular flexibility index (Phi) is 5.34. The highest BCUT2D eigenvalue weighted by molar-refractivity contribution is 5.80. The summed E-state index contributed by atoms with van der Waals surface area (Å²) < 4.78 is 0. The van der Waals surface area contributed by atoms with Gasteiger partial charge in [-0.3, -0.25) is 9.59 Å². The van der Waals surface area contributed by atoms with Crippen molar-refractivity contribution in [2.24, 2.45) is 5.92 Å². The summed E-state index contributed by atoms with van der Waals surface area (Å²) in [6, 6.07) is 0. The molecule has 0 aromatic carbocycles. The molecule has 0 aromatic rings. The van der Waals surface area contributed by atoms with Crippen LogP contribution in [0, 0.1) is 5.92 Å². The summed E-state index contributed by atoms with van der Waals surface area (Å²) in [5.41, 5.74) is 0. The highest BCUT2D eigenvalue weighted by Gasteiger charge is 2.05. The number of rotatable bonds is 5. The van der Waals surface area contributed by atoms with Crippen molar-refractivity contribution in [2.45, 2.75) is 33.6 Å². The molecule has 1 N–H and O–H groups in total. The number of carbonyl (C=O) groups excluding carboxylic acids is 2. The number of hydrogen-bond acceptors (Lipinski definition) is 2. The Labute approximate surface area is 73.5 Å². The second kappa shape index (κ2) is 5.75. The second-order valence-corrected chi connectivity index (χ2v) is 3.21. The third-order valence-electron chi connectivity index (χ3n) is 1.62. The van der Waals surface area contributed by atoms with E-state index in [2.05, 4.69) is 5.32 Å². The molecule has 1 amide bonds. The summed E-state index contributed by atoms with van der Waals surface area (Å²) in [7, 11) is 0. The van der Waals surface area contributed by atoms with Crippen LogP contribution in [-0.2, 0) is 9.59 Å². The van der Waals surface area contributed by atoms with Crippen LogP contribution in [0.4, 0.5) is 0 Å². The maximum atomic E-state index is 11.1. The largest absolute Gasteiger partial charge is 0.356 e. The zero-order chi connectivity index (χ0) is 9.56. The standard InChI is InChI=1S/C9H17NO2/c1-7(2)9(12)5-4-6-10-8(3)11/h7H,4-6H2,1-3H3,(H,10,11). The molecule has 0 rings (SSSR count). The van der Waals surface area contributed by atoms with Gasteiger partial charge in [-0.2, -0.15) is 0 Å². The molecule has 0 bridgehead atoms. The Morgan fingerprint density at radius 3 is 2.33 bits per heavy atom. The molecule has 70 valence electrons. The van der Waals surface area contributed by atoms with Gasteiger partial charge in [0, 0.05) is 25.8 Å². The molecule has 3 nitrogen and oxygen atoms in total. The van der Waals surface area contributed by atoms with Gasteiger partial charge in [-0.25, -0.2) is 0 Å². The summed E-state index contributed by atoms with van der Waals surface area (Å²) in [4.78, 5) is 21.5. The topological polar surface area (TPSA) is 46.2 Å². The lowest BCUT2D eigenvalue weighted by atomic mass is 10.1. The van der Waals surface area contributed by atoms with E-state index in [1.807, 2.05) is 13.8 Å². The van der Waals surface area contributed by atoms with E-state index in [4.69, 9.17) is 0 Å². The Morgan fingerprint density at radius 2 is 1.92 bits per heavy atom. The average molecular weight is 171 g/mol. The van der Waals surface area contributed by atoms with Crippen molar-refractivity contribution in [1.82, 2.24) is 5.32 Å². The van der Waals surface area contributed by atoms with Gasteiger partial charge in [-0.1, -0.05) is 13.8 Å². The van der Waals surface area contributed by atoms with Crippen LogP contribution in [0.3, 0.4) is 0 Å². The van der Waals surface area contributed by atoms with Gasteiger partial charge in [0.2, 0.25) is 5.91 Å². The number of hydrogen-bond donors (Lipinski definition) is 1. The van der Waals surface area contributed by atoms with Gasteiger partial charge in [0.25, 0.3) is 0 Å². The van der Waals surface area contributed by atoms with Crippen molar-refractivity contribution in [3.63, 3.8) is 0 Å². The van der Waals surface area contributed by atoms with E-state index in [1.54, 1.807) is 0 Å². The molecular formula is C9H17NO2. The number of carbonyl (C=O) groups is 2. The van der Waals surface area contributed by atoms with E-state index in [0.29, 0.717) is 13.0 Å². The fraction of sp³-hybridized carbons (Fsp3) is 0.778. The third-order valence-corrected chi connectivity index (χ3v) is 1.62. The first-order chi connectivity index (χ1) is 5.54. The van der Waals surface area contributed by atoms with Crippen LogP contribution < -0.4 is 5.32 Å². The molecule has 0 heterocycles. The van der Waals surface area contributed by atoms with Crippen molar-refractivity contribution >= 4 is 11.7 Å². The molecule has 0 atom stereocenters. The number of nitrogens with one attached hydrogen (secondary N) is 1. The monoisotopic (exact) mass is 171 g/mol. The van der Waals surface area contributed by atoms with Gasteiger partial charge in [-0.05, 0) is 6.42 Å². The lowest BCUT2D eigenvalue weighted by molar-refractivity contribution is -0.122. The predicted molar refractivity (Wildman–Crippen MR) is 47.8 cm³/mol. The minimum absolute atomic E-state index is 0.0352. The molecular weight excluding hydrogens is 154 g/mol. The quantitative estimate of drug-likeness (QED) is 0.630. The van der Waals surface area contributed by atoms with E-state index in [9.17, 15) is 9.59 Å². The van der Waals surface area contributed by atoms with Crippen molar-refractivity contribution in [1.29, 1.82) is 0 Å². The SMILES string of the molecule is CC(=O)NCCCC(=O)C(C)C. The molecule has 0 aliphatic carbocycles. The molecule has 0 aliphatic rings. The average Bonchev–Trinajstić information content (AvgIpc) is 1.97. The van der Waals surface area contributed by atoms with Gasteiger partial charge in [-0.15, -0.1) is 0 Å². The number of ketones is 1. The zero-order valence-electron chi connectivity index (χ0n) is 8.02. The van der Waals surface area contributed by atoms with Gasteiger partial charge in [0.15, 0.2) is 0 Å². The van der Waals surface area contributed by atoms with Crippen molar-refractivity contribution < 1.29 is 9.59 Å². The zero-order valence-corrected chi connectivity index (χ0v) is 8.02. The molecule has 0 aromatic heterocycles. The van der Waals surface area contributed by atoms with Crippen LogP contribution in [0.5, 0.6) is 0 Å². The van der Waals surface area contributed by atoms with Crippen LogP contribution >= 0.6 is 0 Å². The highest BCUT2D eigenvalue weighted by Crippen LogP contribution is 2.00. The van der Waals surface area contributed by atoms with Crippen LogP contribution in [0.2, 0.25) is 0 Å². The fourth-order valence-electron chi connectivity index (χ4n) is 0.816. The first kappa shape index (κ1) is 11.1. The summed E-state index contributed by atoms with van der Waals surface area (Å²) in [6.45, 7) is 5.86. The second-order valence-electron chi connectivity index (χ2n) is 3.21. The summed E-state index contributed by atoms with van der Waals surface area (Å²) in [5, 5.41) is 2.65. The normalized spacial score (nSPS) is 10.0. The molecule has 12 heavy (non-hydrogen) atoms. The van der Waals surface area contributed by atoms with Gasteiger partial charge < -0.3 is 5.32 Å². The van der Waals surface area contributed by atoms with Crippen LogP contribution in [0.1, 0.15) is 33.6 Å².